The number of rotatable bonds is 6. The van der Waals surface area contributed by atoms with Gasteiger partial charge in [-0.15, -0.1) is 11.6 Å². The summed E-state index contributed by atoms with van der Waals surface area (Å²) >= 11 is 5.98. The van der Waals surface area contributed by atoms with E-state index in [2.05, 4.69) is 5.32 Å². The van der Waals surface area contributed by atoms with Crippen LogP contribution in [0.1, 0.15) is 25.3 Å². The maximum Gasteiger partial charge on any atom is 0.224 e. The normalized spacial score (nSPS) is 12.2. The van der Waals surface area contributed by atoms with Crippen molar-refractivity contribution in [1.82, 2.24) is 5.32 Å². The van der Waals surface area contributed by atoms with Crippen LogP contribution in [0.4, 0.5) is 4.39 Å². The van der Waals surface area contributed by atoms with Gasteiger partial charge in [-0.2, -0.15) is 0 Å². The first-order valence-electron chi connectivity index (χ1n) is 5.77. The van der Waals surface area contributed by atoms with E-state index in [9.17, 15) is 9.18 Å². The second kappa shape index (κ2) is 7.28. The van der Waals surface area contributed by atoms with Gasteiger partial charge in [-0.25, -0.2) is 4.39 Å². The van der Waals surface area contributed by atoms with Gasteiger partial charge in [0.05, 0.1) is 11.8 Å². The molecule has 1 aromatic carbocycles. The molecule has 2 nitrogen and oxygen atoms in total. The Morgan fingerprint density at radius 3 is 2.94 bits per heavy atom. The highest BCUT2D eigenvalue weighted by molar-refractivity contribution is 6.20. The minimum absolute atomic E-state index is 0.0311. The summed E-state index contributed by atoms with van der Waals surface area (Å²) in [4.78, 5) is 11.5. The zero-order valence-corrected chi connectivity index (χ0v) is 10.6. The monoisotopic (exact) mass is 257 g/mol. The van der Waals surface area contributed by atoms with E-state index < -0.39 is 0 Å². The van der Waals surface area contributed by atoms with Crippen LogP contribution in [-0.4, -0.2) is 17.8 Å². The Morgan fingerprint density at radius 1 is 1.53 bits per heavy atom. The van der Waals surface area contributed by atoms with Crippen molar-refractivity contribution in [3.63, 3.8) is 0 Å². The first-order valence-corrected chi connectivity index (χ1v) is 6.20. The number of hydrogen-bond donors (Lipinski definition) is 1. The lowest BCUT2D eigenvalue weighted by Gasteiger charge is -2.09. The molecule has 0 fully saturated rings. The van der Waals surface area contributed by atoms with E-state index in [4.69, 9.17) is 11.6 Å². The zero-order chi connectivity index (χ0) is 12.7. The fourth-order valence-electron chi connectivity index (χ4n) is 1.53. The lowest BCUT2D eigenvalue weighted by atomic mass is 10.1. The average molecular weight is 258 g/mol. The van der Waals surface area contributed by atoms with Crippen molar-refractivity contribution in [2.45, 2.75) is 31.6 Å². The quantitative estimate of drug-likeness (QED) is 0.780. The third-order valence-corrected chi connectivity index (χ3v) is 2.75. The molecule has 1 rings (SSSR count). The standard InChI is InChI=1S/C13H17ClFNO/c1-2-4-11(14)9-16-13(17)8-10-5-3-6-12(15)7-10/h3,5-7,11H,2,4,8-9H2,1H3,(H,16,17). The Morgan fingerprint density at radius 2 is 2.29 bits per heavy atom. The highest BCUT2D eigenvalue weighted by atomic mass is 35.5. The Labute approximate surface area is 106 Å². The van der Waals surface area contributed by atoms with Gasteiger partial charge in [0.1, 0.15) is 5.82 Å². The average Bonchev–Trinajstić information content (AvgIpc) is 2.27. The summed E-state index contributed by atoms with van der Waals surface area (Å²) in [6, 6.07) is 6.05. The van der Waals surface area contributed by atoms with Gasteiger partial charge in [-0.1, -0.05) is 25.5 Å². The van der Waals surface area contributed by atoms with Gasteiger partial charge in [-0.05, 0) is 24.1 Å². The van der Waals surface area contributed by atoms with Gasteiger partial charge in [0.2, 0.25) is 5.91 Å². The van der Waals surface area contributed by atoms with Crippen molar-refractivity contribution in [2.75, 3.05) is 6.54 Å². The van der Waals surface area contributed by atoms with Crippen LogP contribution in [0.2, 0.25) is 0 Å². The number of amides is 1. The molecule has 1 amide bonds. The molecule has 0 aliphatic carbocycles. The predicted molar refractivity (Wildman–Crippen MR) is 67.7 cm³/mol. The Hall–Kier alpha value is -1.09. The van der Waals surface area contributed by atoms with Gasteiger partial charge < -0.3 is 5.32 Å². The van der Waals surface area contributed by atoms with Crippen LogP contribution >= 0.6 is 11.6 Å². The molecule has 1 N–H and O–H groups in total. The topological polar surface area (TPSA) is 29.1 Å². The fourth-order valence-corrected chi connectivity index (χ4v) is 1.83. The summed E-state index contributed by atoms with van der Waals surface area (Å²) in [6.07, 6.45) is 2.06. The fraction of sp³-hybridized carbons (Fsp3) is 0.462. The highest BCUT2D eigenvalue weighted by Crippen LogP contribution is 2.05. The van der Waals surface area contributed by atoms with Gasteiger partial charge in [-0.3, -0.25) is 4.79 Å². The molecule has 4 heteroatoms. The molecule has 0 aromatic heterocycles. The van der Waals surface area contributed by atoms with E-state index in [1.807, 2.05) is 6.92 Å². The summed E-state index contributed by atoms with van der Waals surface area (Å²) < 4.78 is 12.9. The number of carbonyl (C=O) groups excluding carboxylic acids is 1. The van der Waals surface area contributed by atoms with Crippen molar-refractivity contribution < 1.29 is 9.18 Å². The third kappa shape index (κ3) is 5.68. The molecule has 94 valence electrons. The maximum atomic E-state index is 12.9. The highest BCUT2D eigenvalue weighted by Gasteiger charge is 2.07. The number of alkyl halides is 1. The molecule has 0 radical (unpaired) electrons. The van der Waals surface area contributed by atoms with Crippen molar-refractivity contribution in [2.24, 2.45) is 0 Å². The van der Waals surface area contributed by atoms with E-state index in [1.54, 1.807) is 12.1 Å². The number of hydrogen-bond acceptors (Lipinski definition) is 1. The van der Waals surface area contributed by atoms with Crippen LogP contribution in [0, 0.1) is 5.82 Å². The van der Waals surface area contributed by atoms with Crippen molar-refractivity contribution in [1.29, 1.82) is 0 Å². The minimum atomic E-state index is -0.323. The second-order valence-electron chi connectivity index (χ2n) is 4.00. The molecule has 0 aliphatic heterocycles. The van der Waals surface area contributed by atoms with Crippen LogP contribution < -0.4 is 5.32 Å². The van der Waals surface area contributed by atoms with E-state index in [-0.39, 0.29) is 23.5 Å². The Kier molecular flexibility index (Phi) is 5.98. The smallest absolute Gasteiger partial charge is 0.224 e. The Bertz CT molecular complexity index is 370. The van der Waals surface area contributed by atoms with Gasteiger partial charge in [0.15, 0.2) is 0 Å². The summed E-state index contributed by atoms with van der Waals surface area (Å²) in [5.74, 6) is -0.450. The number of halogens is 2. The van der Waals surface area contributed by atoms with Crippen LogP contribution in [0.15, 0.2) is 24.3 Å². The van der Waals surface area contributed by atoms with Gasteiger partial charge in [0, 0.05) is 6.54 Å². The largest absolute Gasteiger partial charge is 0.354 e. The Balaban J connectivity index is 2.34. The van der Waals surface area contributed by atoms with E-state index in [0.29, 0.717) is 12.1 Å². The summed E-state index contributed by atoms with van der Waals surface area (Å²) in [6.45, 7) is 2.51. The lowest BCUT2D eigenvalue weighted by Crippen LogP contribution is -2.30. The molecule has 17 heavy (non-hydrogen) atoms. The number of nitrogens with one attached hydrogen (secondary N) is 1. The molecule has 0 saturated carbocycles. The second-order valence-corrected chi connectivity index (χ2v) is 4.61. The zero-order valence-electron chi connectivity index (χ0n) is 9.88. The molecule has 0 saturated heterocycles. The minimum Gasteiger partial charge on any atom is -0.354 e. The van der Waals surface area contributed by atoms with Crippen LogP contribution in [-0.2, 0) is 11.2 Å². The summed E-state index contributed by atoms with van der Waals surface area (Å²) in [5, 5.41) is 2.71. The van der Waals surface area contributed by atoms with E-state index in [0.717, 1.165) is 12.8 Å². The number of carbonyl (C=O) groups is 1. The number of benzene rings is 1. The van der Waals surface area contributed by atoms with Gasteiger partial charge in [0.25, 0.3) is 0 Å². The lowest BCUT2D eigenvalue weighted by molar-refractivity contribution is -0.120. The molecule has 1 atom stereocenters. The molecule has 1 unspecified atom stereocenters. The van der Waals surface area contributed by atoms with Crippen LogP contribution in [0.25, 0.3) is 0 Å². The van der Waals surface area contributed by atoms with Crippen molar-refractivity contribution >= 4 is 17.5 Å². The maximum absolute atomic E-state index is 12.9. The molecule has 0 bridgehead atoms. The SMILES string of the molecule is CCCC(Cl)CNC(=O)Cc1cccc(F)c1. The molecule has 0 aliphatic rings. The van der Waals surface area contributed by atoms with Crippen molar-refractivity contribution in [3.05, 3.63) is 35.6 Å². The molecular formula is C13H17ClFNO. The van der Waals surface area contributed by atoms with Gasteiger partial charge >= 0.3 is 0 Å². The van der Waals surface area contributed by atoms with E-state index in [1.165, 1.54) is 12.1 Å². The first-order chi connectivity index (χ1) is 8.11. The molecule has 0 heterocycles. The molecule has 0 spiro atoms. The predicted octanol–water partition coefficient (Wildman–Crippen LogP) is 2.89. The van der Waals surface area contributed by atoms with E-state index >= 15 is 0 Å². The third-order valence-electron chi connectivity index (χ3n) is 2.38. The summed E-state index contributed by atoms with van der Waals surface area (Å²) in [7, 11) is 0. The molecular weight excluding hydrogens is 241 g/mol. The molecule has 1 aromatic rings. The van der Waals surface area contributed by atoms with Crippen LogP contribution in [0.5, 0.6) is 0 Å². The van der Waals surface area contributed by atoms with Crippen molar-refractivity contribution in [3.8, 4) is 0 Å². The first kappa shape index (κ1) is 14.0. The summed E-state index contributed by atoms with van der Waals surface area (Å²) in [5.41, 5.74) is 0.670. The van der Waals surface area contributed by atoms with Crippen LogP contribution in [0.3, 0.4) is 0 Å².